The molecule has 4 rings (SSSR count). The summed E-state index contributed by atoms with van der Waals surface area (Å²) in [6, 6.07) is 20.6. The van der Waals surface area contributed by atoms with Crippen molar-refractivity contribution < 1.29 is 33.4 Å². The fraction of sp³-hybridized carbons (Fsp3) is 0.289. The molecule has 10 nitrogen and oxygen atoms in total. The van der Waals surface area contributed by atoms with Gasteiger partial charge in [0.1, 0.15) is 5.75 Å². The SMILES string of the molecule is CCCCCCCOc1ccc(C(=O)Oc2ccc(CC(NC(=O)c3ccc(NC(=O)c4cccnc4)cc3)C(C)=O)cc2OC)cc1. The molecule has 4 aromatic rings. The van der Waals surface area contributed by atoms with Crippen molar-refractivity contribution in [3.8, 4) is 17.2 Å². The van der Waals surface area contributed by atoms with Crippen LogP contribution in [0.4, 0.5) is 5.69 Å². The van der Waals surface area contributed by atoms with Gasteiger partial charge in [-0.2, -0.15) is 0 Å². The Morgan fingerprint density at radius 2 is 1.52 bits per heavy atom. The fourth-order valence-electron chi connectivity index (χ4n) is 4.84. The molecule has 250 valence electrons. The van der Waals surface area contributed by atoms with Gasteiger partial charge in [-0.3, -0.25) is 19.4 Å². The highest BCUT2D eigenvalue weighted by Gasteiger charge is 2.21. The van der Waals surface area contributed by atoms with Gasteiger partial charge in [-0.1, -0.05) is 38.7 Å². The van der Waals surface area contributed by atoms with E-state index in [4.69, 9.17) is 14.2 Å². The van der Waals surface area contributed by atoms with Crippen LogP contribution in [0.5, 0.6) is 17.2 Å². The summed E-state index contributed by atoms with van der Waals surface area (Å²) in [5.74, 6) is -0.333. The van der Waals surface area contributed by atoms with E-state index in [1.54, 1.807) is 85.1 Å². The number of ketones is 1. The van der Waals surface area contributed by atoms with Crippen molar-refractivity contribution in [2.45, 2.75) is 58.4 Å². The maximum atomic E-state index is 13.0. The molecule has 1 aromatic heterocycles. The topological polar surface area (TPSA) is 133 Å². The first-order chi connectivity index (χ1) is 23.3. The number of anilines is 1. The minimum absolute atomic E-state index is 0.185. The summed E-state index contributed by atoms with van der Waals surface area (Å²) in [6.45, 7) is 4.22. The van der Waals surface area contributed by atoms with E-state index in [0.29, 0.717) is 46.0 Å². The standard InChI is InChI=1S/C38H41N3O7/c1-4-5-6-7-8-22-47-32-18-14-29(15-19-32)38(45)48-34-20-11-27(24-35(34)46-3)23-33(26(2)42)41-36(43)28-12-16-31(17-13-28)40-37(44)30-10-9-21-39-25-30/h9-21,24-25,33H,4-8,22-23H2,1-3H3,(H,40,44)(H,41,43). The molecule has 0 saturated carbocycles. The third kappa shape index (κ3) is 10.5. The number of pyridine rings is 1. The zero-order valence-electron chi connectivity index (χ0n) is 27.5. The summed E-state index contributed by atoms with van der Waals surface area (Å²) < 4.78 is 16.9. The number of carbonyl (C=O) groups excluding carboxylic acids is 4. The van der Waals surface area contributed by atoms with Crippen molar-refractivity contribution in [3.63, 3.8) is 0 Å². The predicted molar refractivity (Wildman–Crippen MR) is 183 cm³/mol. The molecular weight excluding hydrogens is 610 g/mol. The molecule has 48 heavy (non-hydrogen) atoms. The highest BCUT2D eigenvalue weighted by molar-refractivity contribution is 6.04. The van der Waals surface area contributed by atoms with Gasteiger partial charge in [-0.05, 0) is 98.1 Å². The van der Waals surface area contributed by atoms with Gasteiger partial charge in [0.05, 0.1) is 30.9 Å². The van der Waals surface area contributed by atoms with Gasteiger partial charge in [0, 0.05) is 23.6 Å². The van der Waals surface area contributed by atoms with Gasteiger partial charge in [0.2, 0.25) is 0 Å². The van der Waals surface area contributed by atoms with Gasteiger partial charge in [0.25, 0.3) is 11.8 Å². The molecule has 1 unspecified atom stereocenters. The highest BCUT2D eigenvalue weighted by atomic mass is 16.6. The summed E-state index contributed by atoms with van der Waals surface area (Å²) in [5.41, 5.74) is 2.29. The number of Topliss-reactive ketones (excluding diaryl/α,β-unsaturated/α-hetero) is 1. The van der Waals surface area contributed by atoms with E-state index >= 15 is 0 Å². The Labute approximate surface area is 280 Å². The monoisotopic (exact) mass is 651 g/mol. The predicted octanol–water partition coefficient (Wildman–Crippen LogP) is 6.84. The van der Waals surface area contributed by atoms with Gasteiger partial charge in [-0.25, -0.2) is 4.79 Å². The van der Waals surface area contributed by atoms with Crippen LogP contribution in [0.15, 0.2) is 91.3 Å². The third-order valence-corrected chi connectivity index (χ3v) is 7.60. The van der Waals surface area contributed by atoms with E-state index in [9.17, 15) is 19.2 Å². The number of amides is 2. The van der Waals surface area contributed by atoms with Crippen LogP contribution < -0.4 is 24.8 Å². The number of nitrogens with zero attached hydrogens (tertiary/aromatic N) is 1. The number of esters is 1. The molecule has 0 aliphatic carbocycles. The summed E-state index contributed by atoms with van der Waals surface area (Å²) >= 11 is 0. The number of carbonyl (C=O) groups is 4. The van der Waals surface area contributed by atoms with Crippen molar-refractivity contribution in [1.82, 2.24) is 10.3 Å². The zero-order valence-corrected chi connectivity index (χ0v) is 27.5. The molecule has 0 aliphatic heterocycles. The number of hydrogen-bond acceptors (Lipinski definition) is 8. The zero-order chi connectivity index (χ0) is 34.3. The maximum absolute atomic E-state index is 13.0. The van der Waals surface area contributed by atoms with E-state index in [0.717, 1.165) is 12.8 Å². The Bertz CT molecular complexity index is 1670. The van der Waals surface area contributed by atoms with Crippen LogP contribution in [0.2, 0.25) is 0 Å². The molecule has 0 saturated heterocycles. The molecule has 2 amide bonds. The van der Waals surface area contributed by atoms with Gasteiger partial charge in [-0.15, -0.1) is 0 Å². The summed E-state index contributed by atoms with van der Waals surface area (Å²) in [7, 11) is 1.46. The van der Waals surface area contributed by atoms with Gasteiger partial charge < -0.3 is 24.8 Å². The number of rotatable bonds is 17. The Morgan fingerprint density at radius 3 is 2.19 bits per heavy atom. The number of aromatic nitrogens is 1. The fourth-order valence-corrected chi connectivity index (χ4v) is 4.84. The summed E-state index contributed by atoms with van der Waals surface area (Å²) in [5, 5.41) is 5.54. The lowest BCUT2D eigenvalue weighted by atomic mass is 10.0. The molecule has 2 N–H and O–H groups in total. The number of nitrogens with one attached hydrogen (secondary N) is 2. The second kappa shape index (κ2) is 18.0. The quantitative estimate of drug-likeness (QED) is 0.0721. The molecule has 0 aliphatic rings. The normalized spacial score (nSPS) is 11.2. The Balaban J connectivity index is 1.32. The van der Waals surface area contributed by atoms with Crippen molar-refractivity contribution in [2.24, 2.45) is 0 Å². The average molecular weight is 652 g/mol. The largest absolute Gasteiger partial charge is 0.494 e. The Kier molecular flexibility index (Phi) is 13.2. The number of hydrogen-bond donors (Lipinski definition) is 2. The van der Waals surface area contributed by atoms with Crippen LogP contribution in [0, 0.1) is 0 Å². The van der Waals surface area contributed by atoms with Crippen molar-refractivity contribution in [2.75, 3.05) is 19.0 Å². The molecule has 10 heteroatoms. The molecule has 0 bridgehead atoms. The van der Waals surface area contributed by atoms with Crippen molar-refractivity contribution in [3.05, 3.63) is 114 Å². The molecule has 1 heterocycles. The van der Waals surface area contributed by atoms with Gasteiger partial charge in [0.15, 0.2) is 17.3 Å². The van der Waals surface area contributed by atoms with E-state index in [1.807, 2.05) is 0 Å². The number of unbranched alkanes of at least 4 members (excludes halogenated alkanes) is 4. The Hall–Kier alpha value is -5.51. The number of ether oxygens (including phenoxy) is 3. The lowest BCUT2D eigenvalue weighted by molar-refractivity contribution is -0.118. The van der Waals surface area contributed by atoms with E-state index in [-0.39, 0.29) is 23.9 Å². The first-order valence-electron chi connectivity index (χ1n) is 16.0. The van der Waals surface area contributed by atoms with Gasteiger partial charge >= 0.3 is 5.97 Å². The number of benzene rings is 3. The summed E-state index contributed by atoms with van der Waals surface area (Å²) in [4.78, 5) is 54.7. The van der Waals surface area contributed by atoms with E-state index in [2.05, 4.69) is 22.5 Å². The molecule has 1 atom stereocenters. The Morgan fingerprint density at radius 1 is 0.792 bits per heavy atom. The molecule has 0 fully saturated rings. The van der Waals surface area contributed by atoms with Crippen molar-refractivity contribution in [1.29, 1.82) is 0 Å². The number of methoxy groups -OCH3 is 1. The minimum atomic E-state index is -0.822. The van der Waals surface area contributed by atoms with Crippen LogP contribution in [0.25, 0.3) is 0 Å². The van der Waals surface area contributed by atoms with Crippen LogP contribution >= 0.6 is 0 Å². The van der Waals surface area contributed by atoms with Crippen LogP contribution in [-0.2, 0) is 11.2 Å². The maximum Gasteiger partial charge on any atom is 0.343 e. The van der Waals surface area contributed by atoms with E-state index < -0.39 is 17.9 Å². The second-order valence-electron chi connectivity index (χ2n) is 11.3. The van der Waals surface area contributed by atoms with Crippen molar-refractivity contribution >= 4 is 29.3 Å². The third-order valence-electron chi connectivity index (χ3n) is 7.60. The highest BCUT2D eigenvalue weighted by Crippen LogP contribution is 2.30. The van der Waals surface area contributed by atoms with Crippen LogP contribution in [0.3, 0.4) is 0 Å². The van der Waals surface area contributed by atoms with Crippen LogP contribution in [-0.4, -0.2) is 48.3 Å². The lowest BCUT2D eigenvalue weighted by Gasteiger charge is -2.17. The smallest absolute Gasteiger partial charge is 0.343 e. The average Bonchev–Trinajstić information content (AvgIpc) is 3.10. The lowest BCUT2D eigenvalue weighted by Crippen LogP contribution is -2.41. The molecule has 0 radical (unpaired) electrons. The van der Waals surface area contributed by atoms with Crippen LogP contribution in [0.1, 0.15) is 82.6 Å². The molecule has 0 spiro atoms. The first-order valence-corrected chi connectivity index (χ1v) is 16.0. The first kappa shape index (κ1) is 35.3. The van der Waals surface area contributed by atoms with E-state index in [1.165, 1.54) is 39.5 Å². The second-order valence-corrected chi connectivity index (χ2v) is 11.3. The molecular formula is C38H41N3O7. The molecule has 3 aromatic carbocycles. The minimum Gasteiger partial charge on any atom is -0.494 e. The summed E-state index contributed by atoms with van der Waals surface area (Å²) in [6.07, 6.45) is 8.99.